The average Bonchev–Trinajstić information content (AvgIpc) is 2.51. The zero-order chi connectivity index (χ0) is 17.6. The normalized spacial score (nSPS) is 9.38. The van der Waals surface area contributed by atoms with Crippen LogP contribution in [0.15, 0.2) is 0 Å². The van der Waals surface area contributed by atoms with Gasteiger partial charge in [0.05, 0.1) is 0 Å². The second-order valence-electron chi connectivity index (χ2n) is 6.18. The van der Waals surface area contributed by atoms with Crippen molar-refractivity contribution in [2.75, 3.05) is 0 Å². The van der Waals surface area contributed by atoms with Crippen LogP contribution >= 0.6 is 0 Å². The molecule has 4 nitrogen and oxygen atoms in total. The highest BCUT2D eigenvalue weighted by molar-refractivity contribution is 5.94. The third-order valence-electron chi connectivity index (χ3n) is 3.99. The molecule has 0 aliphatic rings. The molecule has 0 heterocycles. The number of hydrogen-bond donors (Lipinski definition) is 1. The Bertz CT molecular complexity index is 282. The van der Waals surface area contributed by atoms with Crippen molar-refractivity contribution in [1.82, 2.24) is 0 Å². The van der Waals surface area contributed by atoms with E-state index in [-0.39, 0.29) is 17.4 Å². The first-order valence-electron chi connectivity index (χ1n) is 9.40. The van der Waals surface area contributed by atoms with Crippen molar-refractivity contribution in [1.29, 1.82) is 0 Å². The largest absolute Gasteiger partial charge is 0.549 e. The number of carbonyl (C=O) groups is 1. The van der Waals surface area contributed by atoms with Gasteiger partial charge in [0.1, 0.15) is 0 Å². The summed E-state index contributed by atoms with van der Waals surface area (Å²) in [6, 6.07) is 0. The molecule has 0 aliphatic carbocycles. The smallest absolute Gasteiger partial charge is 0.481 e. The van der Waals surface area contributed by atoms with Crippen LogP contribution in [0.4, 0.5) is 0 Å². The Morgan fingerprint density at radius 1 is 0.667 bits per heavy atom. The molecule has 0 aliphatic heterocycles. The lowest BCUT2D eigenvalue weighted by molar-refractivity contribution is -0.137. The molecule has 0 saturated heterocycles. The number of rotatable bonds is 16. The van der Waals surface area contributed by atoms with Crippen molar-refractivity contribution in [3.05, 3.63) is 0 Å². The summed E-state index contributed by atoms with van der Waals surface area (Å²) < 4.78 is 16.8. The molecule has 0 bridgehead atoms. The molecule has 0 spiro atoms. The SMILES string of the molecule is CCCCCCCCCCCCCCCCCC(=O)O.O=[Si]=O.[AlH3]. The van der Waals surface area contributed by atoms with E-state index in [1.54, 1.807) is 0 Å². The Labute approximate surface area is 161 Å². The highest BCUT2D eigenvalue weighted by Crippen LogP contribution is 2.13. The predicted molar refractivity (Wildman–Crippen MR) is 104 cm³/mol. The lowest BCUT2D eigenvalue weighted by atomic mass is 10.0. The second-order valence-corrected chi connectivity index (χ2v) is 6.34. The van der Waals surface area contributed by atoms with Gasteiger partial charge in [0.25, 0.3) is 0 Å². The highest BCUT2D eigenvalue weighted by atomic mass is 28.2. The number of carboxylic acid groups (broad SMARTS) is 1. The van der Waals surface area contributed by atoms with Gasteiger partial charge in [0.15, 0.2) is 17.4 Å². The maximum atomic E-state index is 10.3. The molecule has 0 aromatic heterocycles. The first kappa shape index (κ1) is 28.6. The standard InChI is InChI=1S/C18H36O2.Al.O2Si.3H/c1-2-3-4-5-6-7-8-9-10-11-12-13-14-15-16-17-18(19)20;;1-3-2;;;/h2-17H2,1H3,(H,19,20);;;;;. The van der Waals surface area contributed by atoms with Crippen molar-refractivity contribution >= 4 is 32.6 Å². The van der Waals surface area contributed by atoms with Gasteiger partial charge in [-0.2, -0.15) is 0 Å². The zero-order valence-corrected chi connectivity index (χ0v) is 16.0. The van der Waals surface area contributed by atoms with Crippen molar-refractivity contribution < 1.29 is 18.8 Å². The average molecular weight is 375 g/mol. The Hall–Kier alpha value is -0.181. The lowest BCUT2D eigenvalue weighted by Gasteiger charge is -2.03. The molecule has 0 aromatic rings. The molecular formula is C18H39AlO4Si. The first-order chi connectivity index (χ1) is 11.2. The molecule has 1 N–H and O–H groups in total. The molecule has 0 fully saturated rings. The van der Waals surface area contributed by atoms with Gasteiger partial charge >= 0.3 is 15.3 Å². The van der Waals surface area contributed by atoms with Gasteiger partial charge < -0.3 is 5.11 Å². The molecule has 0 amide bonds. The van der Waals surface area contributed by atoms with Gasteiger partial charge in [0, 0.05) is 6.42 Å². The van der Waals surface area contributed by atoms with Crippen molar-refractivity contribution in [3.63, 3.8) is 0 Å². The monoisotopic (exact) mass is 374 g/mol. The summed E-state index contributed by atoms with van der Waals surface area (Å²) in [6.45, 7) is 2.27. The molecule has 0 saturated carbocycles. The fourth-order valence-electron chi connectivity index (χ4n) is 2.65. The van der Waals surface area contributed by atoms with Crippen LogP contribution in [-0.2, 0) is 13.7 Å². The van der Waals surface area contributed by atoms with Gasteiger partial charge in [-0.25, -0.2) is 0 Å². The molecule has 0 aromatic carbocycles. The van der Waals surface area contributed by atoms with Crippen LogP contribution in [-0.4, -0.2) is 37.7 Å². The van der Waals surface area contributed by atoms with E-state index in [1.165, 1.54) is 83.5 Å². The summed E-state index contributed by atoms with van der Waals surface area (Å²) in [7, 11) is -1.42. The van der Waals surface area contributed by atoms with Gasteiger partial charge in [0.2, 0.25) is 0 Å². The Balaban J connectivity index is -0.00000102. The van der Waals surface area contributed by atoms with E-state index < -0.39 is 15.3 Å². The highest BCUT2D eigenvalue weighted by Gasteiger charge is 1.97. The third-order valence-corrected chi connectivity index (χ3v) is 3.99. The maximum absolute atomic E-state index is 10.3. The van der Waals surface area contributed by atoms with Gasteiger partial charge in [-0.15, -0.1) is 0 Å². The Morgan fingerprint density at radius 3 is 1.17 bits per heavy atom. The minimum atomic E-state index is -1.42. The predicted octanol–water partition coefficient (Wildman–Crippen LogP) is 4.53. The van der Waals surface area contributed by atoms with Crippen LogP contribution < -0.4 is 0 Å². The molecule has 0 unspecified atom stereocenters. The zero-order valence-electron chi connectivity index (χ0n) is 15.0. The first-order valence-corrected chi connectivity index (χ1v) is 10.2. The second kappa shape index (κ2) is 27.7. The molecular weight excluding hydrogens is 335 g/mol. The van der Waals surface area contributed by atoms with Gasteiger partial charge in [-0.1, -0.05) is 96.8 Å². The van der Waals surface area contributed by atoms with Crippen LogP contribution in [0, 0.1) is 0 Å². The van der Waals surface area contributed by atoms with E-state index in [4.69, 9.17) is 14.0 Å². The Morgan fingerprint density at radius 2 is 0.917 bits per heavy atom. The van der Waals surface area contributed by atoms with Gasteiger partial charge in [-0.05, 0) is 6.42 Å². The summed E-state index contributed by atoms with van der Waals surface area (Å²) >= 11 is 0. The van der Waals surface area contributed by atoms with E-state index in [9.17, 15) is 4.79 Å². The van der Waals surface area contributed by atoms with E-state index in [2.05, 4.69) is 6.92 Å². The number of unbranched alkanes of at least 4 members (excludes halogenated alkanes) is 14. The van der Waals surface area contributed by atoms with Crippen LogP contribution in [0.2, 0.25) is 0 Å². The van der Waals surface area contributed by atoms with E-state index in [0.717, 1.165) is 12.8 Å². The summed E-state index contributed by atoms with van der Waals surface area (Å²) in [4.78, 5) is 10.3. The van der Waals surface area contributed by atoms with Crippen LogP contribution in [0.5, 0.6) is 0 Å². The summed E-state index contributed by atoms with van der Waals surface area (Å²) in [5, 5.41) is 8.52. The number of aliphatic carboxylic acids is 1. The molecule has 0 radical (unpaired) electrons. The van der Waals surface area contributed by atoms with Crippen LogP contribution in [0.1, 0.15) is 110 Å². The molecule has 0 rings (SSSR count). The summed E-state index contributed by atoms with van der Waals surface area (Å²) in [5.41, 5.74) is 0. The van der Waals surface area contributed by atoms with E-state index in [1.807, 2.05) is 0 Å². The van der Waals surface area contributed by atoms with Crippen molar-refractivity contribution in [3.8, 4) is 0 Å². The van der Waals surface area contributed by atoms with Crippen molar-refractivity contribution in [2.24, 2.45) is 0 Å². The minimum Gasteiger partial charge on any atom is -0.481 e. The molecule has 142 valence electrons. The lowest BCUT2D eigenvalue weighted by Crippen LogP contribution is -1.93. The fourth-order valence-corrected chi connectivity index (χ4v) is 2.65. The number of hydrogen-bond acceptors (Lipinski definition) is 3. The van der Waals surface area contributed by atoms with E-state index in [0.29, 0.717) is 6.42 Å². The quantitative estimate of drug-likeness (QED) is 0.318. The van der Waals surface area contributed by atoms with E-state index >= 15 is 0 Å². The van der Waals surface area contributed by atoms with Crippen LogP contribution in [0.25, 0.3) is 0 Å². The Kier molecular flexibility index (Phi) is 33.0. The summed E-state index contributed by atoms with van der Waals surface area (Å²) in [6.07, 6.45) is 20.2. The molecule has 0 atom stereocenters. The van der Waals surface area contributed by atoms with Gasteiger partial charge in [-0.3, -0.25) is 13.7 Å². The third kappa shape index (κ3) is 33.4. The maximum Gasteiger partial charge on any atom is 0.549 e. The van der Waals surface area contributed by atoms with Crippen molar-refractivity contribution in [2.45, 2.75) is 110 Å². The minimum absolute atomic E-state index is 0. The summed E-state index contributed by atoms with van der Waals surface area (Å²) in [5.74, 6) is -0.653. The topological polar surface area (TPSA) is 71.4 Å². The fraction of sp³-hybridized carbons (Fsp3) is 0.944. The molecule has 6 heteroatoms. The molecule has 24 heavy (non-hydrogen) atoms. The number of carboxylic acids is 1. The van der Waals surface area contributed by atoms with Crippen LogP contribution in [0.3, 0.4) is 0 Å².